The van der Waals surface area contributed by atoms with Crippen molar-refractivity contribution in [3.8, 4) is 0 Å². The Morgan fingerprint density at radius 1 is 1.18 bits per heavy atom. The average Bonchev–Trinajstić information content (AvgIpc) is 2.51. The smallest absolute Gasteiger partial charge is 0.323 e. The van der Waals surface area contributed by atoms with Crippen LogP contribution in [0.3, 0.4) is 0 Å². The Morgan fingerprint density at radius 2 is 1.71 bits per heavy atom. The van der Waals surface area contributed by atoms with Crippen molar-refractivity contribution >= 4 is 5.97 Å². The Labute approximate surface area is 105 Å². The van der Waals surface area contributed by atoms with Crippen LogP contribution in [0, 0.1) is 5.41 Å². The molecule has 0 aromatic heterocycles. The molecule has 0 aliphatic heterocycles. The zero-order valence-electron chi connectivity index (χ0n) is 11.7. The van der Waals surface area contributed by atoms with E-state index in [2.05, 4.69) is 26.1 Å². The van der Waals surface area contributed by atoms with Crippen LogP contribution in [-0.2, 0) is 9.53 Å². The fraction of sp³-hybridized carbons (Fsp3) is 0.929. The predicted octanol–water partition coefficient (Wildman–Crippen LogP) is 2.89. The van der Waals surface area contributed by atoms with E-state index < -0.39 is 0 Å². The lowest BCUT2D eigenvalue weighted by Crippen LogP contribution is -2.51. The van der Waals surface area contributed by atoms with Gasteiger partial charge in [-0.05, 0) is 18.3 Å². The summed E-state index contributed by atoms with van der Waals surface area (Å²) >= 11 is 0. The molecule has 0 aromatic rings. The first-order valence-electron chi connectivity index (χ1n) is 6.79. The standard InChI is InChI=1S/C14H27NO2/c1-14(2,3)12(13(16)17-4)15-11-9-7-5-6-8-10-11/h11-12,15H,5-10H2,1-4H3. The van der Waals surface area contributed by atoms with Gasteiger partial charge in [-0.3, -0.25) is 4.79 Å². The molecular formula is C14H27NO2. The molecule has 1 saturated carbocycles. The fourth-order valence-electron chi connectivity index (χ4n) is 2.47. The minimum Gasteiger partial charge on any atom is -0.468 e. The minimum atomic E-state index is -0.199. The zero-order valence-corrected chi connectivity index (χ0v) is 11.7. The van der Waals surface area contributed by atoms with Crippen molar-refractivity contribution in [1.29, 1.82) is 0 Å². The van der Waals surface area contributed by atoms with Gasteiger partial charge in [0.1, 0.15) is 6.04 Å². The molecule has 3 nitrogen and oxygen atoms in total. The molecule has 1 aliphatic rings. The highest BCUT2D eigenvalue weighted by Gasteiger charge is 2.33. The van der Waals surface area contributed by atoms with Crippen LogP contribution in [0.15, 0.2) is 0 Å². The molecular weight excluding hydrogens is 214 g/mol. The fourth-order valence-corrected chi connectivity index (χ4v) is 2.47. The largest absolute Gasteiger partial charge is 0.468 e. The molecule has 1 unspecified atom stereocenters. The molecule has 0 saturated heterocycles. The number of esters is 1. The van der Waals surface area contributed by atoms with Gasteiger partial charge in [-0.1, -0.05) is 46.5 Å². The molecule has 0 aromatic carbocycles. The van der Waals surface area contributed by atoms with Crippen molar-refractivity contribution in [1.82, 2.24) is 5.32 Å². The Bertz CT molecular complexity index is 237. The number of carbonyl (C=O) groups excluding carboxylic acids is 1. The molecule has 17 heavy (non-hydrogen) atoms. The average molecular weight is 241 g/mol. The van der Waals surface area contributed by atoms with Gasteiger partial charge in [-0.2, -0.15) is 0 Å². The number of hydrogen-bond acceptors (Lipinski definition) is 3. The Hall–Kier alpha value is -0.570. The van der Waals surface area contributed by atoms with Crippen molar-refractivity contribution in [3.63, 3.8) is 0 Å². The van der Waals surface area contributed by atoms with E-state index in [0.29, 0.717) is 6.04 Å². The van der Waals surface area contributed by atoms with Gasteiger partial charge in [0.15, 0.2) is 0 Å². The predicted molar refractivity (Wildman–Crippen MR) is 69.9 cm³/mol. The molecule has 0 amide bonds. The van der Waals surface area contributed by atoms with Crippen molar-refractivity contribution in [3.05, 3.63) is 0 Å². The molecule has 3 heteroatoms. The number of nitrogens with one attached hydrogen (secondary N) is 1. The first kappa shape index (κ1) is 14.5. The van der Waals surface area contributed by atoms with E-state index in [1.807, 2.05) is 0 Å². The monoisotopic (exact) mass is 241 g/mol. The second kappa shape index (κ2) is 6.39. The molecule has 0 radical (unpaired) electrons. The summed E-state index contributed by atoms with van der Waals surface area (Å²) < 4.78 is 4.91. The van der Waals surface area contributed by atoms with Gasteiger partial charge in [0.25, 0.3) is 0 Å². The van der Waals surface area contributed by atoms with E-state index in [1.54, 1.807) is 0 Å². The van der Waals surface area contributed by atoms with Gasteiger partial charge in [0, 0.05) is 6.04 Å². The Balaban J connectivity index is 2.61. The Kier molecular flexibility index (Phi) is 5.44. The van der Waals surface area contributed by atoms with E-state index in [4.69, 9.17) is 4.74 Å². The van der Waals surface area contributed by atoms with Crippen LogP contribution < -0.4 is 5.32 Å². The third-order valence-electron chi connectivity index (χ3n) is 3.56. The summed E-state index contributed by atoms with van der Waals surface area (Å²) in [4.78, 5) is 11.8. The van der Waals surface area contributed by atoms with Crippen LogP contribution >= 0.6 is 0 Å². The molecule has 1 fully saturated rings. The van der Waals surface area contributed by atoms with Crippen molar-refractivity contribution in [2.45, 2.75) is 71.4 Å². The second-order valence-electron chi connectivity index (χ2n) is 6.18. The molecule has 1 rings (SSSR count). The van der Waals surface area contributed by atoms with Crippen molar-refractivity contribution in [2.75, 3.05) is 7.11 Å². The molecule has 1 aliphatic carbocycles. The summed E-state index contributed by atoms with van der Waals surface area (Å²) in [7, 11) is 1.47. The maximum atomic E-state index is 11.8. The van der Waals surface area contributed by atoms with Crippen LogP contribution in [0.1, 0.15) is 59.3 Å². The van der Waals surface area contributed by atoms with E-state index in [0.717, 1.165) is 0 Å². The van der Waals surface area contributed by atoms with Gasteiger partial charge >= 0.3 is 5.97 Å². The van der Waals surface area contributed by atoms with Gasteiger partial charge in [0.05, 0.1) is 7.11 Å². The summed E-state index contributed by atoms with van der Waals surface area (Å²) in [5.41, 5.74) is -0.0978. The summed E-state index contributed by atoms with van der Waals surface area (Å²) in [5, 5.41) is 3.51. The SMILES string of the molecule is COC(=O)C(NC1CCCCCC1)C(C)(C)C. The Morgan fingerprint density at radius 3 is 2.12 bits per heavy atom. The van der Waals surface area contributed by atoms with E-state index in [9.17, 15) is 4.79 Å². The zero-order chi connectivity index (χ0) is 12.9. The topological polar surface area (TPSA) is 38.3 Å². The highest BCUT2D eigenvalue weighted by molar-refractivity contribution is 5.76. The van der Waals surface area contributed by atoms with Crippen LogP contribution in [-0.4, -0.2) is 25.2 Å². The normalized spacial score (nSPS) is 20.7. The summed E-state index contributed by atoms with van der Waals surface area (Å²) in [6, 6.07) is 0.274. The highest BCUT2D eigenvalue weighted by Crippen LogP contribution is 2.24. The van der Waals surface area contributed by atoms with Crippen LogP contribution in [0.4, 0.5) is 0 Å². The molecule has 0 spiro atoms. The lowest BCUT2D eigenvalue weighted by Gasteiger charge is -2.32. The highest BCUT2D eigenvalue weighted by atomic mass is 16.5. The van der Waals surface area contributed by atoms with E-state index in [1.165, 1.54) is 45.6 Å². The number of methoxy groups -OCH3 is 1. The van der Waals surface area contributed by atoms with Crippen molar-refractivity contribution < 1.29 is 9.53 Å². The van der Waals surface area contributed by atoms with Gasteiger partial charge < -0.3 is 10.1 Å². The van der Waals surface area contributed by atoms with E-state index >= 15 is 0 Å². The van der Waals surface area contributed by atoms with Gasteiger partial charge in [0.2, 0.25) is 0 Å². The van der Waals surface area contributed by atoms with Crippen molar-refractivity contribution in [2.24, 2.45) is 5.41 Å². The second-order valence-corrected chi connectivity index (χ2v) is 6.18. The lowest BCUT2D eigenvalue weighted by molar-refractivity contribution is -0.146. The first-order chi connectivity index (χ1) is 7.95. The van der Waals surface area contributed by atoms with Gasteiger partial charge in [-0.25, -0.2) is 0 Å². The molecule has 1 N–H and O–H groups in total. The lowest BCUT2D eigenvalue weighted by atomic mass is 9.86. The van der Waals surface area contributed by atoms with Crippen LogP contribution in [0.25, 0.3) is 0 Å². The summed E-state index contributed by atoms with van der Waals surface area (Å²) in [6.45, 7) is 6.24. The van der Waals surface area contributed by atoms with Crippen LogP contribution in [0.2, 0.25) is 0 Å². The maximum Gasteiger partial charge on any atom is 0.323 e. The van der Waals surface area contributed by atoms with Gasteiger partial charge in [-0.15, -0.1) is 0 Å². The number of ether oxygens (including phenoxy) is 1. The third kappa shape index (κ3) is 4.66. The molecule has 0 bridgehead atoms. The van der Waals surface area contributed by atoms with E-state index in [-0.39, 0.29) is 17.4 Å². The number of carbonyl (C=O) groups is 1. The molecule has 100 valence electrons. The third-order valence-corrected chi connectivity index (χ3v) is 3.56. The number of rotatable bonds is 3. The number of hydrogen-bond donors (Lipinski definition) is 1. The maximum absolute atomic E-state index is 11.8. The summed E-state index contributed by atoms with van der Waals surface area (Å²) in [6.07, 6.45) is 7.58. The first-order valence-corrected chi connectivity index (χ1v) is 6.79. The summed E-state index contributed by atoms with van der Waals surface area (Å²) in [5.74, 6) is -0.137. The van der Waals surface area contributed by atoms with Crippen LogP contribution in [0.5, 0.6) is 0 Å². The molecule has 0 heterocycles. The quantitative estimate of drug-likeness (QED) is 0.610. The minimum absolute atomic E-state index is 0.0978. The molecule has 1 atom stereocenters.